The second-order valence-electron chi connectivity index (χ2n) is 7.05. The molecular weight excluding hydrogens is 358 g/mol. The third-order valence-corrected chi connectivity index (χ3v) is 4.75. The van der Waals surface area contributed by atoms with Crippen LogP contribution in [0.4, 0.5) is 10.5 Å². The number of likely N-dealkylation sites (N-methyl/N-ethyl adjacent to an activating group) is 1. The topological polar surface area (TPSA) is 88.5 Å². The summed E-state index contributed by atoms with van der Waals surface area (Å²) in [5.74, 6) is -0.137. The first-order valence-corrected chi connectivity index (χ1v) is 9.51. The van der Waals surface area contributed by atoms with Crippen molar-refractivity contribution < 1.29 is 14.3 Å². The fourth-order valence-corrected chi connectivity index (χ4v) is 3.04. The normalized spacial score (nSPS) is 16.0. The Bertz CT molecular complexity index is 796. The largest absolute Gasteiger partial charge is 0.376 e. The molecule has 0 aliphatic carbocycles. The lowest BCUT2D eigenvalue weighted by Gasteiger charge is -2.17. The van der Waals surface area contributed by atoms with Crippen LogP contribution in [-0.2, 0) is 18.2 Å². The summed E-state index contributed by atoms with van der Waals surface area (Å²) >= 11 is 0. The molecule has 1 saturated heterocycles. The molecule has 2 aromatic rings. The molecule has 3 amide bonds. The van der Waals surface area contributed by atoms with Crippen molar-refractivity contribution in [1.82, 2.24) is 20.0 Å². The first-order chi connectivity index (χ1) is 13.5. The van der Waals surface area contributed by atoms with Crippen molar-refractivity contribution in [3.05, 3.63) is 47.8 Å². The third-order valence-electron chi connectivity index (χ3n) is 4.75. The summed E-state index contributed by atoms with van der Waals surface area (Å²) in [4.78, 5) is 26.1. The SMILES string of the molecule is CN(CCc1cnn(C)c1)C(=O)Nc1ccc(C(=O)NC[C@@H]2CCCO2)cc1. The number of ether oxygens (including phenoxy) is 1. The molecule has 1 aromatic carbocycles. The van der Waals surface area contributed by atoms with Gasteiger partial charge in [0.15, 0.2) is 0 Å². The Morgan fingerprint density at radius 3 is 2.75 bits per heavy atom. The highest BCUT2D eigenvalue weighted by Gasteiger charge is 2.16. The van der Waals surface area contributed by atoms with Gasteiger partial charge in [-0.2, -0.15) is 5.10 Å². The smallest absolute Gasteiger partial charge is 0.321 e. The van der Waals surface area contributed by atoms with Crippen molar-refractivity contribution in [3.63, 3.8) is 0 Å². The number of aryl methyl sites for hydroxylation is 1. The van der Waals surface area contributed by atoms with Gasteiger partial charge in [0, 0.05) is 51.2 Å². The molecule has 150 valence electrons. The van der Waals surface area contributed by atoms with E-state index in [1.165, 1.54) is 0 Å². The summed E-state index contributed by atoms with van der Waals surface area (Å²) in [7, 11) is 3.62. The summed E-state index contributed by atoms with van der Waals surface area (Å²) in [6.07, 6.45) is 6.62. The van der Waals surface area contributed by atoms with Crippen LogP contribution in [0, 0.1) is 0 Å². The molecule has 1 aromatic heterocycles. The molecule has 0 bridgehead atoms. The zero-order chi connectivity index (χ0) is 19.9. The molecule has 8 heteroatoms. The predicted octanol–water partition coefficient (Wildman–Crippen LogP) is 2.04. The van der Waals surface area contributed by atoms with Crippen molar-refractivity contribution in [3.8, 4) is 0 Å². The zero-order valence-electron chi connectivity index (χ0n) is 16.4. The van der Waals surface area contributed by atoms with Gasteiger partial charge in [-0.05, 0) is 49.1 Å². The van der Waals surface area contributed by atoms with E-state index in [1.54, 1.807) is 47.1 Å². The highest BCUT2D eigenvalue weighted by molar-refractivity contribution is 5.95. The van der Waals surface area contributed by atoms with E-state index in [2.05, 4.69) is 15.7 Å². The van der Waals surface area contributed by atoms with Crippen molar-refractivity contribution in [2.24, 2.45) is 7.05 Å². The van der Waals surface area contributed by atoms with E-state index in [1.807, 2.05) is 13.2 Å². The number of anilines is 1. The number of hydrogen-bond acceptors (Lipinski definition) is 4. The minimum atomic E-state index is -0.195. The molecule has 2 N–H and O–H groups in total. The average molecular weight is 385 g/mol. The highest BCUT2D eigenvalue weighted by Crippen LogP contribution is 2.13. The number of hydrogen-bond donors (Lipinski definition) is 2. The van der Waals surface area contributed by atoms with E-state index < -0.39 is 0 Å². The van der Waals surface area contributed by atoms with Gasteiger partial charge >= 0.3 is 6.03 Å². The number of urea groups is 1. The first-order valence-electron chi connectivity index (χ1n) is 9.51. The van der Waals surface area contributed by atoms with Crippen LogP contribution in [0.15, 0.2) is 36.7 Å². The lowest BCUT2D eigenvalue weighted by atomic mass is 10.2. The number of carbonyl (C=O) groups excluding carboxylic acids is 2. The molecule has 1 aliphatic rings. The van der Waals surface area contributed by atoms with Crippen LogP contribution in [0.3, 0.4) is 0 Å². The third kappa shape index (κ3) is 5.56. The Kier molecular flexibility index (Phi) is 6.65. The van der Waals surface area contributed by atoms with E-state index in [-0.39, 0.29) is 18.0 Å². The van der Waals surface area contributed by atoms with Gasteiger partial charge in [0.05, 0.1) is 12.3 Å². The van der Waals surface area contributed by atoms with Gasteiger partial charge in [0.2, 0.25) is 0 Å². The molecular formula is C20H27N5O3. The van der Waals surface area contributed by atoms with Crippen molar-refractivity contribution in [2.45, 2.75) is 25.4 Å². The standard InChI is InChI=1S/C20H27N5O3/c1-24(10-9-15-12-22-25(2)14-15)20(27)23-17-7-5-16(6-8-17)19(26)21-13-18-4-3-11-28-18/h5-8,12,14,18H,3-4,9-11,13H2,1-2H3,(H,21,26)(H,23,27)/t18-/m0/s1. The lowest BCUT2D eigenvalue weighted by Crippen LogP contribution is -2.33. The Morgan fingerprint density at radius 1 is 1.32 bits per heavy atom. The minimum absolute atomic E-state index is 0.115. The molecule has 8 nitrogen and oxygen atoms in total. The van der Waals surface area contributed by atoms with Gasteiger partial charge < -0.3 is 20.3 Å². The van der Waals surface area contributed by atoms with E-state index in [9.17, 15) is 9.59 Å². The van der Waals surface area contributed by atoms with E-state index >= 15 is 0 Å². The molecule has 0 radical (unpaired) electrons. The van der Waals surface area contributed by atoms with Gasteiger partial charge in [-0.15, -0.1) is 0 Å². The second kappa shape index (κ2) is 9.36. The van der Waals surface area contributed by atoms with Gasteiger partial charge in [0.25, 0.3) is 5.91 Å². The molecule has 1 fully saturated rings. The molecule has 0 unspecified atom stereocenters. The zero-order valence-corrected chi connectivity index (χ0v) is 16.4. The number of aromatic nitrogens is 2. The summed E-state index contributed by atoms with van der Waals surface area (Å²) in [6, 6.07) is 6.67. The quantitative estimate of drug-likeness (QED) is 0.763. The number of benzene rings is 1. The Morgan fingerprint density at radius 2 is 2.11 bits per heavy atom. The fraction of sp³-hybridized carbons (Fsp3) is 0.450. The second-order valence-corrected chi connectivity index (χ2v) is 7.05. The molecule has 3 rings (SSSR count). The molecule has 1 aliphatic heterocycles. The highest BCUT2D eigenvalue weighted by atomic mass is 16.5. The minimum Gasteiger partial charge on any atom is -0.376 e. The molecule has 2 heterocycles. The fourth-order valence-electron chi connectivity index (χ4n) is 3.04. The van der Waals surface area contributed by atoms with Crippen LogP contribution in [0.2, 0.25) is 0 Å². The first kappa shape index (κ1) is 19.9. The molecule has 0 saturated carbocycles. The number of nitrogens with zero attached hydrogens (tertiary/aromatic N) is 3. The predicted molar refractivity (Wildman–Crippen MR) is 106 cm³/mol. The maximum absolute atomic E-state index is 12.3. The summed E-state index contributed by atoms with van der Waals surface area (Å²) in [5, 5.41) is 9.85. The summed E-state index contributed by atoms with van der Waals surface area (Å²) in [6.45, 7) is 1.88. The number of nitrogens with one attached hydrogen (secondary N) is 2. The van der Waals surface area contributed by atoms with Crippen LogP contribution >= 0.6 is 0 Å². The van der Waals surface area contributed by atoms with Crippen molar-refractivity contribution in [2.75, 3.05) is 32.1 Å². The van der Waals surface area contributed by atoms with Gasteiger partial charge in [0.1, 0.15) is 0 Å². The monoisotopic (exact) mass is 385 g/mol. The summed E-state index contributed by atoms with van der Waals surface area (Å²) in [5.41, 5.74) is 2.29. The maximum Gasteiger partial charge on any atom is 0.321 e. The van der Waals surface area contributed by atoms with Crippen LogP contribution in [0.1, 0.15) is 28.8 Å². The van der Waals surface area contributed by atoms with Crippen LogP contribution in [0.5, 0.6) is 0 Å². The van der Waals surface area contributed by atoms with E-state index in [0.29, 0.717) is 24.3 Å². The van der Waals surface area contributed by atoms with Gasteiger partial charge in [-0.3, -0.25) is 9.48 Å². The maximum atomic E-state index is 12.3. The van der Waals surface area contributed by atoms with Gasteiger partial charge in [-0.1, -0.05) is 0 Å². The van der Waals surface area contributed by atoms with Crippen molar-refractivity contribution >= 4 is 17.6 Å². The number of carbonyl (C=O) groups is 2. The Labute approximate surface area is 164 Å². The summed E-state index contributed by atoms with van der Waals surface area (Å²) < 4.78 is 7.25. The van der Waals surface area contributed by atoms with Crippen LogP contribution < -0.4 is 10.6 Å². The van der Waals surface area contributed by atoms with Crippen LogP contribution in [-0.4, -0.2) is 59.5 Å². The average Bonchev–Trinajstić information content (AvgIpc) is 3.36. The Balaban J connectivity index is 1.44. The molecule has 1 atom stereocenters. The van der Waals surface area contributed by atoms with E-state index in [4.69, 9.17) is 4.74 Å². The van der Waals surface area contributed by atoms with Gasteiger partial charge in [-0.25, -0.2) is 4.79 Å². The number of rotatable bonds is 7. The number of amides is 3. The van der Waals surface area contributed by atoms with Crippen LogP contribution in [0.25, 0.3) is 0 Å². The van der Waals surface area contributed by atoms with Crippen molar-refractivity contribution in [1.29, 1.82) is 0 Å². The van der Waals surface area contributed by atoms with E-state index in [0.717, 1.165) is 31.4 Å². The lowest BCUT2D eigenvalue weighted by molar-refractivity contribution is 0.0858. The molecule has 28 heavy (non-hydrogen) atoms. The Hall–Kier alpha value is -2.87. The molecule has 0 spiro atoms.